The predicted molar refractivity (Wildman–Crippen MR) is 132 cm³/mol. The first-order valence-corrected chi connectivity index (χ1v) is 11.1. The maximum absolute atomic E-state index is 12.9. The van der Waals surface area contributed by atoms with Gasteiger partial charge in [-0.3, -0.25) is 9.48 Å². The summed E-state index contributed by atoms with van der Waals surface area (Å²) in [6.45, 7) is 1.98. The zero-order valence-corrected chi connectivity index (χ0v) is 19.7. The molecule has 0 bridgehead atoms. The predicted octanol–water partition coefficient (Wildman–Crippen LogP) is 6.84. The maximum Gasteiger partial charge on any atom is 0.416 e. The van der Waals surface area contributed by atoms with Crippen LogP contribution in [0.4, 0.5) is 13.2 Å². The molecular formula is C28H25F3N2O2. The van der Waals surface area contributed by atoms with Crippen LogP contribution in [0.5, 0.6) is 0 Å². The fourth-order valence-electron chi connectivity index (χ4n) is 4.07. The average molecular weight is 479 g/mol. The molecule has 0 aliphatic carbocycles. The van der Waals surface area contributed by atoms with E-state index in [1.165, 1.54) is 19.2 Å². The summed E-state index contributed by atoms with van der Waals surface area (Å²) in [5.41, 5.74) is 5.92. The zero-order valence-electron chi connectivity index (χ0n) is 19.7. The number of carbonyl (C=O) groups excluding carboxylic acids is 1. The van der Waals surface area contributed by atoms with E-state index in [1.54, 1.807) is 6.08 Å². The molecule has 7 heteroatoms. The molecule has 4 aromatic rings. The van der Waals surface area contributed by atoms with Gasteiger partial charge in [-0.25, -0.2) is 0 Å². The lowest BCUT2D eigenvalue weighted by molar-refractivity contribution is -0.140. The van der Waals surface area contributed by atoms with E-state index >= 15 is 0 Å². The number of alkyl halides is 3. The Bertz CT molecular complexity index is 1400. The van der Waals surface area contributed by atoms with Crippen molar-refractivity contribution >= 4 is 29.0 Å². The van der Waals surface area contributed by atoms with Crippen LogP contribution in [-0.4, -0.2) is 22.9 Å². The van der Waals surface area contributed by atoms with Crippen molar-refractivity contribution in [2.45, 2.75) is 25.9 Å². The largest absolute Gasteiger partial charge is 0.469 e. The molecule has 0 unspecified atom stereocenters. The molecule has 1 heterocycles. The summed E-state index contributed by atoms with van der Waals surface area (Å²) >= 11 is 0. The van der Waals surface area contributed by atoms with Crippen LogP contribution < -0.4 is 0 Å². The van der Waals surface area contributed by atoms with Crippen molar-refractivity contribution in [3.8, 4) is 11.1 Å². The minimum Gasteiger partial charge on any atom is -0.469 e. The van der Waals surface area contributed by atoms with Crippen molar-refractivity contribution in [3.63, 3.8) is 0 Å². The SMILES string of the molecule is COC(=O)CCc1cc(-c2ccc3c(cnn3C)c2)c(/C=C/c2ccc(C(F)(F)F)cc2)cc1C. The Morgan fingerprint density at radius 1 is 1.06 bits per heavy atom. The lowest BCUT2D eigenvalue weighted by atomic mass is 9.91. The van der Waals surface area contributed by atoms with Gasteiger partial charge in [0.05, 0.1) is 24.4 Å². The van der Waals surface area contributed by atoms with Crippen molar-refractivity contribution in [2.75, 3.05) is 7.11 Å². The first kappa shape index (κ1) is 24.3. The Labute approximate surface area is 201 Å². The molecule has 0 fully saturated rings. The lowest BCUT2D eigenvalue weighted by Crippen LogP contribution is -2.04. The van der Waals surface area contributed by atoms with Crippen molar-refractivity contribution < 1.29 is 22.7 Å². The van der Waals surface area contributed by atoms with Gasteiger partial charge >= 0.3 is 12.1 Å². The summed E-state index contributed by atoms with van der Waals surface area (Å²) in [5, 5.41) is 5.31. The molecule has 1 aromatic heterocycles. The highest BCUT2D eigenvalue weighted by Crippen LogP contribution is 2.32. The molecule has 0 spiro atoms. The first-order valence-electron chi connectivity index (χ1n) is 11.1. The third-order valence-electron chi connectivity index (χ3n) is 6.08. The molecule has 180 valence electrons. The van der Waals surface area contributed by atoms with Crippen LogP contribution in [0.15, 0.2) is 60.8 Å². The minimum absolute atomic E-state index is 0.269. The van der Waals surface area contributed by atoms with Crippen LogP contribution in [0.2, 0.25) is 0 Å². The fourth-order valence-corrected chi connectivity index (χ4v) is 4.07. The topological polar surface area (TPSA) is 44.1 Å². The van der Waals surface area contributed by atoms with E-state index in [9.17, 15) is 18.0 Å². The Hall–Kier alpha value is -3.87. The van der Waals surface area contributed by atoms with E-state index in [0.717, 1.165) is 50.9 Å². The van der Waals surface area contributed by atoms with Crippen LogP contribution in [0.1, 0.15) is 34.2 Å². The number of benzene rings is 3. The summed E-state index contributed by atoms with van der Waals surface area (Å²) in [7, 11) is 3.26. The Morgan fingerprint density at radius 2 is 1.80 bits per heavy atom. The highest BCUT2D eigenvalue weighted by atomic mass is 19.4. The number of halogens is 3. The molecule has 0 atom stereocenters. The monoisotopic (exact) mass is 478 g/mol. The molecule has 0 aliphatic heterocycles. The normalized spacial score (nSPS) is 11.9. The minimum atomic E-state index is -4.36. The number of aromatic nitrogens is 2. The van der Waals surface area contributed by atoms with Gasteiger partial charge in [-0.2, -0.15) is 18.3 Å². The lowest BCUT2D eigenvalue weighted by Gasteiger charge is -2.14. The maximum atomic E-state index is 12.9. The van der Waals surface area contributed by atoms with Crippen LogP contribution in [0.3, 0.4) is 0 Å². The van der Waals surface area contributed by atoms with E-state index in [4.69, 9.17) is 4.74 Å². The number of ether oxygens (including phenoxy) is 1. The number of hydrogen-bond acceptors (Lipinski definition) is 3. The number of hydrogen-bond donors (Lipinski definition) is 0. The van der Waals surface area contributed by atoms with Gasteiger partial charge in [0.2, 0.25) is 0 Å². The summed E-state index contributed by atoms with van der Waals surface area (Å²) in [6, 6.07) is 15.3. The van der Waals surface area contributed by atoms with Gasteiger partial charge in [0, 0.05) is 18.9 Å². The van der Waals surface area contributed by atoms with E-state index in [-0.39, 0.29) is 12.4 Å². The molecule has 0 saturated heterocycles. The van der Waals surface area contributed by atoms with Gasteiger partial charge in [0.1, 0.15) is 0 Å². The molecule has 0 radical (unpaired) electrons. The Balaban J connectivity index is 1.75. The van der Waals surface area contributed by atoms with Crippen LogP contribution in [0, 0.1) is 6.92 Å². The van der Waals surface area contributed by atoms with Crippen molar-refractivity contribution in [1.82, 2.24) is 9.78 Å². The number of nitrogens with zero attached hydrogens (tertiary/aromatic N) is 2. The highest BCUT2D eigenvalue weighted by molar-refractivity contribution is 5.88. The molecule has 0 N–H and O–H groups in total. The van der Waals surface area contributed by atoms with Crippen molar-refractivity contribution in [3.05, 3.63) is 88.6 Å². The third kappa shape index (κ3) is 5.45. The molecule has 3 aromatic carbocycles. The number of carbonyl (C=O) groups is 1. The summed E-state index contributed by atoms with van der Waals surface area (Å²) in [5.74, 6) is -0.269. The van der Waals surface area contributed by atoms with E-state index in [0.29, 0.717) is 12.0 Å². The average Bonchev–Trinajstić information content (AvgIpc) is 3.21. The standard InChI is InChI=1S/C28H25F3N2O2/c1-18-14-21(7-4-19-5-10-24(11-6-19)28(29,30)31)25(16-20(18)9-13-27(34)35-3)22-8-12-26-23(15-22)17-32-33(26)2/h4-8,10-12,14-17H,9,13H2,1-3H3/b7-4+. The molecule has 0 aliphatic rings. The first-order chi connectivity index (χ1) is 16.7. The number of aryl methyl sites for hydroxylation is 3. The van der Waals surface area contributed by atoms with Gasteiger partial charge < -0.3 is 4.74 Å². The third-order valence-corrected chi connectivity index (χ3v) is 6.08. The second-order valence-electron chi connectivity index (χ2n) is 8.44. The van der Waals surface area contributed by atoms with E-state index in [2.05, 4.69) is 17.2 Å². The fraction of sp³-hybridized carbons (Fsp3) is 0.214. The van der Waals surface area contributed by atoms with Gasteiger partial charge in [-0.1, -0.05) is 42.5 Å². The van der Waals surface area contributed by atoms with Gasteiger partial charge in [-0.05, 0) is 71.0 Å². The molecule has 4 rings (SSSR count). The smallest absolute Gasteiger partial charge is 0.416 e. The highest BCUT2D eigenvalue weighted by Gasteiger charge is 2.29. The molecule has 4 nitrogen and oxygen atoms in total. The van der Waals surface area contributed by atoms with Crippen LogP contribution in [-0.2, 0) is 29.2 Å². The van der Waals surface area contributed by atoms with E-state index < -0.39 is 11.7 Å². The van der Waals surface area contributed by atoms with Gasteiger partial charge in [0.15, 0.2) is 0 Å². The molecule has 0 amide bonds. The molecule has 0 saturated carbocycles. The van der Waals surface area contributed by atoms with Gasteiger partial charge in [-0.15, -0.1) is 0 Å². The zero-order chi connectivity index (χ0) is 25.2. The van der Waals surface area contributed by atoms with Gasteiger partial charge in [0.25, 0.3) is 0 Å². The van der Waals surface area contributed by atoms with Crippen LogP contribution in [0.25, 0.3) is 34.2 Å². The number of methoxy groups -OCH3 is 1. The quantitative estimate of drug-likeness (QED) is 0.225. The van der Waals surface area contributed by atoms with Crippen molar-refractivity contribution in [1.29, 1.82) is 0 Å². The number of fused-ring (bicyclic) bond motifs is 1. The second kappa shape index (κ2) is 9.78. The van der Waals surface area contributed by atoms with Crippen molar-refractivity contribution in [2.24, 2.45) is 7.05 Å². The summed E-state index contributed by atoms with van der Waals surface area (Å²) in [4.78, 5) is 11.7. The van der Waals surface area contributed by atoms with E-state index in [1.807, 2.05) is 49.1 Å². The second-order valence-corrected chi connectivity index (χ2v) is 8.44. The van der Waals surface area contributed by atoms with Crippen LogP contribution >= 0.6 is 0 Å². The number of rotatable bonds is 6. The molecule has 35 heavy (non-hydrogen) atoms. The number of esters is 1. The Kier molecular flexibility index (Phi) is 6.78. The molecular weight excluding hydrogens is 453 g/mol. The summed E-state index contributed by atoms with van der Waals surface area (Å²) in [6.07, 6.45) is 1.97. The Morgan fingerprint density at radius 3 is 2.49 bits per heavy atom. The summed E-state index contributed by atoms with van der Waals surface area (Å²) < 4.78 is 45.3.